The SMILES string of the molecule is CCOC(=O)Cc1csc(NN=Cc2cccc(OCCCCC#N)c2)n1. The third-order valence-corrected chi connectivity index (χ3v) is 4.16. The van der Waals surface area contributed by atoms with E-state index >= 15 is 0 Å². The molecule has 0 saturated carbocycles. The van der Waals surface area contributed by atoms with Gasteiger partial charge in [0, 0.05) is 11.8 Å². The van der Waals surface area contributed by atoms with Gasteiger partial charge in [0.15, 0.2) is 0 Å². The number of nitrogens with zero attached hydrogens (tertiary/aromatic N) is 3. The molecule has 0 saturated heterocycles. The summed E-state index contributed by atoms with van der Waals surface area (Å²) in [5, 5.41) is 15.1. The van der Waals surface area contributed by atoms with Crippen LogP contribution < -0.4 is 10.2 Å². The zero-order valence-electron chi connectivity index (χ0n) is 15.2. The molecular weight excluding hydrogens is 364 g/mol. The van der Waals surface area contributed by atoms with Crippen molar-refractivity contribution in [1.29, 1.82) is 5.26 Å². The van der Waals surface area contributed by atoms with Crippen molar-refractivity contribution in [2.75, 3.05) is 18.6 Å². The van der Waals surface area contributed by atoms with Gasteiger partial charge in [0.25, 0.3) is 0 Å². The number of rotatable bonds is 11. The summed E-state index contributed by atoms with van der Waals surface area (Å²) in [5.41, 5.74) is 4.40. The molecule has 0 unspecified atom stereocenters. The zero-order valence-corrected chi connectivity index (χ0v) is 16.0. The summed E-state index contributed by atoms with van der Waals surface area (Å²) in [6.45, 7) is 2.72. The summed E-state index contributed by atoms with van der Waals surface area (Å²) in [6, 6.07) is 9.71. The van der Waals surface area contributed by atoms with Crippen molar-refractivity contribution in [2.45, 2.75) is 32.6 Å². The number of thiazole rings is 1. The van der Waals surface area contributed by atoms with Crippen LogP contribution in [0.1, 0.15) is 37.4 Å². The van der Waals surface area contributed by atoms with Gasteiger partial charge in [-0.2, -0.15) is 10.4 Å². The van der Waals surface area contributed by atoms with Crippen LogP contribution in [0, 0.1) is 11.3 Å². The van der Waals surface area contributed by atoms with E-state index in [2.05, 4.69) is 21.6 Å². The Bertz CT molecular complexity index is 798. The number of unbranched alkanes of at least 4 members (excludes halogenated alkanes) is 2. The van der Waals surface area contributed by atoms with E-state index in [1.165, 1.54) is 11.3 Å². The Morgan fingerprint density at radius 2 is 2.33 bits per heavy atom. The lowest BCUT2D eigenvalue weighted by atomic mass is 10.2. The lowest BCUT2D eigenvalue weighted by molar-refractivity contribution is -0.142. The Labute approximate surface area is 162 Å². The normalized spacial score (nSPS) is 10.5. The Hall–Kier alpha value is -2.92. The molecule has 1 heterocycles. The maximum absolute atomic E-state index is 11.4. The van der Waals surface area contributed by atoms with Gasteiger partial charge in [0.05, 0.1) is 37.6 Å². The molecular formula is C19H22N4O3S. The molecule has 0 aliphatic heterocycles. The summed E-state index contributed by atoms with van der Waals surface area (Å²) >= 11 is 1.37. The fourth-order valence-corrected chi connectivity index (χ4v) is 2.80. The molecule has 8 heteroatoms. The van der Waals surface area contributed by atoms with Crippen molar-refractivity contribution in [3.8, 4) is 11.8 Å². The van der Waals surface area contributed by atoms with E-state index in [0.717, 1.165) is 24.2 Å². The van der Waals surface area contributed by atoms with Crippen LogP contribution in [-0.4, -0.2) is 30.4 Å². The zero-order chi connectivity index (χ0) is 19.3. The minimum Gasteiger partial charge on any atom is -0.494 e. The van der Waals surface area contributed by atoms with Crippen LogP contribution in [0.4, 0.5) is 5.13 Å². The molecule has 2 aromatic rings. The quantitative estimate of drug-likeness (QED) is 0.273. The highest BCUT2D eigenvalue weighted by molar-refractivity contribution is 7.13. The lowest BCUT2D eigenvalue weighted by Crippen LogP contribution is -2.07. The molecule has 7 nitrogen and oxygen atoms in total. The van der Waals surface area contributed by atoms with Crippen molar-refractivity contribution in [3.05, 3.63) is 40.9 Å². The van der Waals surface area contributed by atoms with E-state index in [0.29, 0.717) is 30.5 Å². The van der Waals surface area contributed by atoms with Gasteiger partial charge in [-0.1, -0.05) is 12.1 Å². The molecule has 0 bridgehead atoms. The minimum absolute atomic E-state index is 0.156. The Morgan fingerprint density at radius 3 is 3.15 bits per heavy atom. The summed E-state index contributed by atoms with van der Waals surface area (Å²) in [5.74, 6) is 0.476. The van der Waals surface area contributed by atoms with Gasteiger partial charge in [-0.05, 0) is 37.5 Å². The molecule has 0 atom stereocenters. The van der Waals surface area contributed by atoms with E-state index in [9.17, 15) is 4.79 Å². The number of nitrogens with one attached hydrogen (secondary N) is 1. The maximum atomic E-state index is 11.4. The first-order chi connectivity index (χ1) is 13.2. The number of hydrogen-bond donors (Lipinski definition) is 1. The third kappa shape index (κ3) is 7.88. The third-order valence-electron chi connectivity index (χ3n) is 3.37. The summed E-state index contributed by atoms with van der Waals surface area (Å²) in [6.07, 6.45) is 4.08. The van der Waals surface area contributed by atoms with Crippen LogP contribution in [0.5, 0.6) is 5.75 Å². The van der Waals surface area contributed by atoms with Crippen LogP contribution in [-0.2, 0) is 16.0 Å². The van der Waals surface area contributed by atoms with Crippen LogP contribution in [0.25, 0.3) is 0 Å². The fourth-order valence-electron chi connectivity index (χ4n) is 2.14. The second kappa shape index (κ2) is 11.6. The second-order valence-corrected chi connectivity index (χ2v) is 6.39. The van der Waals surface area contributed by atoms with Crippen LogP contribution in [0.3, 0.4) is 0 Å². The predicted molar refractivity (Wildman–Crippen MR) is 105 cm³/mol. The van der Waals surface area contributed by atoms with Gasteiger partial charge in [-0.15, -0.1) is 11.3 Å². The molecule has 0 fully saturated rings. The molecule has 1 N–H and O–H groups in total. The van der Waals surface area contributed by atoms with Gasteiger partial charge in [-0.25, -0.2) is 4.98 Å². The lowest BCUT2D eigenvalue weighted by Gasteiger charge is -2.05. The van der Waals surface area contributed by atoms with Crippen LogP contribution in [0.15, 0.2) is 34.7 Å². The topological polar surface area (TPSA) is 96.6 Å². The maximum Gasteiger partial charge on any atom is 0.311 e. The smallest absolute Gasteiger partial charge is 0.311 e. The number of ether oxygens (including phenoxy) is 2. The summed E-state index contributed by atoms with van der Waals surface area (Å²) < 4.78 is 10.6. The largest absolute Gasteiger partial charge is 0.494 e. The van der Waals surface area contributed by atoms with Gasteiger partial charge >= 0.3 is 5.97 Å². The first-order valence-electron chi connectivity index (χ1n) is 8.70. The highest BCUT2D eigenvalue weighted by Crippen LogP contribution is 2.16. The molecule has 0 radical (unpaired) electrons. The summed E-state index contributed by atoms with van der Waals surface area (Å²) in [4.78, 5) is 15.7. The number of carbonyl (C=O) groups excluding carboxylic acids is 1. The van der Waals surface area contributed by atoms with Crippen LogP contribution in [0.2, 0.25) is 0 Å². The van der Waals surface area contributed by atoms with E-state index < -0.39 is 0 Å². The number of benzene rings is 1. The Kier molecular flexibility index (Phi) is 8.80. The van der Waals surface area contributed by atoms with Crippen molar-refractivity contribution in [2.24, 2.45) is 5.10 Å². The molecule has 0 spiro atoms. The molecule has 0 aliphatic rings. The predicted octanol–water partition coefficient (Wildman–Crippen LogP) is 3.77. The molecule has 142 valence electrons. The Morgan fingerprint density at radius 1 is 1.44 bits per heavy atom. The number of nitriles is 1. The average molecular weight is 386 g/mol. The highest BCUT2D eigenvalue weighted by Gasteiger charge is 2.07. The highest BCUT2D eigenvalue weighted by atomic mass is 32.1. The monoisotopic (exact) mass is 386 g/mol. The van der Waals surface area contributed by atoms with Crippen molar-refractivity contribution < 1.29 is 14.3 Å². The molecule has 0 aliphatic carbocycles. The molecule has 27 heavy (non-hydrogen) atoms. The molecule has 0 amide bonds. The van der Waals surface area contributed by atoms with E-state index in [1.807, 2.05) is 24.3 Å². The number of esters is 1. The minimum atomic E-state index is -0.290. The fraction of sp³-hybridized carbons (Fsp3) is 0.368. The van der Waals surface area contributed by atoms with Crippen molar-refractivity contribution >= 4 is 28.7 Å². The van der Waals surface area contributed by atoms with E-state index in [1.54, 1.807) is 18.5 Å². The van der Waals surface area contributed by atoms with E-state index in [-0.39, 0.29) is 12.4 Å². The number of carbonyl (C=O) groups is 1. The first-order valence-corrected chi connectivity index (χ1v) is 9.58. The van der Waals surface area contributed by atoms with Crippen LogP contribution >= 0.6 is 11.3 Å². The number of anilines is 1. The van der Waals surface area contributed by atoms with Gasteiger partial charge in [0.2, 0.25) is 5.13 Å². The molecule has 2 rings (SSSR count). The van der Waals surface area contributed by atoms with Gasteiger partial charge < -0.3 is 9.47 Å². The Balaban J connectivity index is 1.80. The second-order valence-electron chi connectivity index (χ2n) is 5.53. The molecule has 1 aromatic heterocycles. The van der Waals surface area contributed by atoms with Gasteiger partial charge in [-0.3, -0.25) is 10.2 Å². The number of hydrogen-bond acceptors (Lipinski definition) is 8. The first kappa shape index (κ1) is 20.4. The van der Waals surface area contributed by atoms with E-state index in [4.69, 9.17) is 14.7 Å². The average Bonchev–Trinajstić information content (AvgIpc) is 3.09. The van der Waals surface area contributed by atoms with Crippen molar-refractivity contribution in [3.63, 3.8) is 0 Å². The van der Waals surface area contributed by atoms with Crippen molar-refractivity contribution in [1.82, 2.24) is 4.98 Å². The standard InChI is InChI=1S/C19H22N4O3S/c1-2-25-18(24)12-16-14-27-19(22-16)23-21-13-15-7-6-8-17(11-15)26-10-5-3-4-9-20/h6-8,11,13-14H,2-5,10,12H2,1H3,(H,22,23). The number of aromatic nitrogens is 1. The number of hydrazone groups is 1. The molecule has 1 aromatic carbocycles. The van der Waals surface area contributed by atoms with Gasteiger partial charge in [0.1, 0.15) is 5.75 Å². The summed E-state index contributed by atoms with van der Waals surface area (Å²) in [7, 11) is 0.